The molecule has 3 heterocycles. The molecule has 28 heavy (non-hydrogen) atoms. The summed E-state index contributed by atoms with van der Waals surface area (Å²) >= 11 is 0. The molecule has 0 aliphatic carbocycles. The molecule has 0 saturated carbocycles. The number of carbonyl (C=O) groups is 1. The van der Waals surface area contributed by atoms with E-state index in [-0.39, 0.29) is 6.09 Å². The SMILES string of the molecule is C/C=C/CN1CC[C@@H](CCc2ccc3c(n2)N(C(=O)OC(C)(C)C)CCC3)C1. The van der Waals surface area contributed by atoms with Gasteiger partial charge in [-0.15, -0.1) is 0 Å². The van der Waals surface area contributed by atoms with Gasteiger partial charge in [-0.3, -0.25) is 9.80 Å². The molecular formula is C23H35N3O2. The molecular weight excluding hydrogens is 350 g/mol. The van der Waals surface area contributed by atoms with Gasteiger partial charge < -0.3 is 4.74 Å². The molecule has 3 rings (SSSR count). The number of pyridine rings is 1. The van der Waals surface area contributed by atoms with Gasteiger partial charge in [0, 0.05) is 25.3 Å². The molecule has 1 amide bonds. The van der Waals surface area contributed by atoms with E-state index in [0.717, 1.165) is 55.2 Å². The quantitative estimate of drug-likeness (QED) is 0.695. The molecule has 5 nitrogen and oxygen atoms in total. The predicted molar refractivity (Wildman–Crippen MR) is 114 cm³/mol. The molecule has 1 saturated heterocycles. The first-order chi connectivity index (χ1) is 13.4. The Kier molecular flexibility index (Phi) is 6.76. The topological polar surface area (TPSA) is 45.7 Å². The van der Waals surface area contributed by atoms with Crippen molar-refractivity contribution in [3.63, 3.8) is 0 Å². The van der Waals surface area contributed by atoms with Crippen LogP contribution in [0.15, 0.2) is 24.3 Å². The van der Waals surface area contributed by atoms with Gasteiger partial charge >= 0.3 is 6.09 Å². The number of aryl methyl sites for hydroxylation is 2. The van der Waals surface area contributed by atoms with Crippen molar-refractivity contribution in [1.29, 1.82) is 0 Å². The second kappa shape index (κ2) is 9.08. The van der Waals surface area contributed by atoms with Gasteiger partial charge in [0.1, 0.15) is 11.4 Å². The molecule has 0 N–H and O–H groups in total. The van der Waals surface area contributed by atoms with Crippen LogP contribution >= 0.6 is 0 Å². The zero-order valence-corrected chi connectivity index (χ0v) is 17.9. The highest BCUT2D eigenvalue weighted by Crippen LogP contribution is 2.28. The minimum atomic E-state index is -0.492. The minimum absolute atomic E-state index is 0.284. The molecule has 1 fully saturated rings. The molecule has 154 valence electrons. The second-order valence-corrected chi connectivity index (χ2v) is 9.04. The third-order valence-electron chi connectivity index (χ3n) is 5.49. The Balaban J connectivity index is 1.62. The number of rotatable bonds is 5. The van der Waals surface area contributed by atoms with Crippen molar-refractivity contribution in [3.8, 4) is 0 Å². The summed E-state index contributed by atoms with van der Waals surface area (Å²) in [4.78, 5) is 21.8. The van der Waals surface area contributed by atoms with Crippen LogP contribution in [0.5, 0.6) is 0 Å². The van der Waals surface area contributed by atoms with Gasteiger partial charge in [0.25, 0.3) is 0 Å². The molecule has 5 heteroatoms. The van der Waals surface area contributed by atoms with Crippen molar-refractivity contribution in [1.82, 2.24) is 9.88 Å². The van der Waals surface area contributed by atoms with Crippen molar-refractivity contribution < 1.29 is 9.53 Å². The number of amides is 1. The Morgan fingerprint density at radius 1 is 1.32 bits per heavy atom. The Hall–Kier alpha value is -1.88. The fraction of sp³-hybridized carbons (Fsp3) is 0.652. The first-order valence-corrected chi connectivity index (χ1v) is 10.7. The van der Waals surface area contributed by atoms with Crippen molar-refractivity contribution >= 4 is 11.9 Å². The van der Waals surface area contributed by atoms with Gasteiger partial charge in [-0.2, -0.15) is 0 Å². The summed E-state index contributed by atoms with van der Waals surface area (Å²) in [7, 11) is 0. The number of hydrogen-bond acceptors (Lipinski definition) is 4. The average Bonchev–Trinajstić information content (AvgIpc) is 3.10. The van der Waals surface area contributed by atoms with Crippen LogP contribution in [-0.2, 0) is 17.6 Å². The Morgan fingerprint density at radius 2 is 2.14 bits per heavy atom. The summed E-state index contributed by atoms with van der Waals surface area (Å²) < 4.78 is 5.60. The fourth-order valence-electron chi connectivity index (χ4n) is 4.03. The van der Waals surface area contributed by atoms with E-state index >= 15 is 0 Å². The summed E-state index contributed by atoms with van der Waals surface area (Å²) in [5, 5.41) is 0. The summed E-state index contributed by atoms with van der Waals surface area (Å²) in [6.45, 7) is 11.9. The van der Waals surface area contributed by atoms with E-state index in [2.05, 4.69) is 36.1 Å². The Bertz CT molecular complexity index is 708. The lowest BCUT2D eigenvalue weighted by Gasteiger charge is -2.31. The summed E-state index contributed by atoms with van der Waals surface area (Å²) in [5.41, 5.74) is 1.74. The first kappa shape index (κ1) is 20.8. The number of carbonyl (C=O) groups excluding carboxylic acids is 1. The van der Waals surface area contributed by atoms with Gasteiger partial charge in [-0.05, 0) is 83.9 Å². The highest BCUT2D eigenvalue weighted by molar-refractivity contribution is 5.88. The monoisotopic (exact) mass is 385 g/mol. The van der Waals surface area contributed by atoms with Crippen molar-refractivity contribution in [2.24, 2.45) is 5.92 Å². The number of ether oxygens (including phenoxy) is 1. The summed E-state index contributed by atoms with van der Waals surface area (Å²) in [6.07, 6.45) is 9.41. The van der Waals surface area contributed by atoms with Crippen LogP contribution in [0.3, 0.4) is 0 Å². The van der Waals surface area contributed by atoms with Crippen LogP contribution in [0.1, 0.15) is 58.2 Å². The highest BCUT2D eigenvalue weighted by Gasteiger charge is 2.29. The van der Waals surface area contributed by atoms with E-state index in [1.807, 2.05) is 20.8 Å². The molecule has 1 aromatic heterocycles. The lowest BCUT2D eigenvalue weighted by Crippen LogP contribution is -2.40. The molecule has 0 bridgehead atoms. The lowest BCUT2D eigenvalue weighted by molar-refractivity contribution is 0.0576. The van der Waals surface area contributed by atoms with Crippen LogP contribution < -0.4 is 4.90 Å². The van der Waals surface area contributed by atoms with Gasteiger partial charge in [-0.1, -0.05) is 18.2 Å². The number of fused-ring (bicyclic) bond motifs is 1. The van der Waals surface area contributed by atoms with Crippen LogP contribution in [0.4, 0.5) is 10.6 Å². The molecule has 0 radical (unpaired) electrons. The first-order valence-electron chi connectivity index (χ1n) is 10.7. The highest BCUT2D eigenvalue weighted by atomic mass is 16.6. The molecule has 2 aliphatic heterocycles. The normalized spacial score (nSPS) is 20.6. The van der Waals surface area contributed by atoms with E-state index in [1.54, 1.807) is 4.90 Å². The molecule has 1 atom stereocenters. The molecule has 0 aromatic carbocycles. The van der Waals surface area contributed by atoms with Crippen LogP contribution in [-0.4, -0.2) is 47.8 Å². The maximum Gasteiger partial charge on any atom is 0.416 e. The standard InChI is InChI=1S/C23H35N3O2/c1-5-6-14-25-16-13-18(17-25)9-11-20-12-10-19-8-7-15-26(21(19)24-20)22(27)28-23(2,3)4/h5-6,10,12,18H,7-9,11,13-17H2,1-4H3/b6-5+/t18-/m1/s1. The smallest absolute Gasteiger partial charge is 0.416 e. The van der Waals surface area contributed by atoms with Crippen molar-refractivity contribution in [3.05, 3.63) is 35.5 Å². The van der Waals surface area contributed by atoms with Crippen LogP contribution in [0.2, 0.25) is 0 Å². The van der Waals surface area contributed by atoms with E-state index in [9.17, 15) is 4.79 Å². The molecule has 0 spiro atoms. The predicted octanol–water partition coefficient (Wildman–Crippen LogP) is 4.60. The largest absolute Gasteiger partial charge is 0.443 e. The number of allylic oxidation sites excluding steroid dienone is 1. The number of likely N-dealkylation sites (tertiary alicyclic amines) is 1. The zero-order chi connectivity index (χ0) is 20.1. The van der Waals surface area contributed by atoms with E-state index in [1.165, 1.54) is 19.5 Å². The van der Waals surface area contributed by atoms with Crippen molar-refractivity contribution in [2.45, 2.75) is 65.4 Å². The van der Waals surface area contributed by atoms with Gasteiger partial charge in [0.05, 0.1) is 0 Å². The summed E-state index contributed by atoms with van der Waals surface area (Å²) in [6, 6.07) is 4.30. The number of nitrogens with zero attached hydrogens (tertiary/aromatic N) is 3. The number of aromatic nitrogens is 1. The Labute approximate surface area is 169 Å². The Morgan fingerprint density at radius 3 is 2.89 bits per heavy atom. The molecule has 0 unspecified atom stereocenters. The van der Waals surface area contributed by atoms with Gasteiger partial charge in [-0.25, -0.2) is 9.78 Å². The van der Waals surface area contributed by atoms with Gasteiger partial charge in [0.2, 0.25) is 0 Å². The van der Waals surface area contributed by atoms with E-state index < -0.39 is 5.60 Å². The maximum atomic E-state index is 12.6. The second-order valence-electron chi connectivity index (χ2n) is 9.04. The third-order valence-corrected chi connectivity index (χ3v) is 5.49. The van der Waals surface area contributed by atoms with E-state index in [0.29, 0.717) is 6.54 Å². The third kappa shape index (κ3) is 5.57. The van der Waals surface area contributed by atoms with Gasteiger partial charge in [0.15, 0.2) is 0 Å². The van der Waals surface area contributed by atoms with Crippen molar-refractivity contribution in [2.75, 3.05) is 31.1 Å². The maximum absolute atomic E-state index is 12.6. The molecule has 2 aliphatic rings. The minimum Gasteiger partial charge on any atom is -0.443 e. The lowest BCUT2D eigenvalue weighted by atomic mass is 10.00. The van der Waals surface area contributed by atoms with E-state index in [4.69, 9.17) is 9.72 Å². The zero-order valence-electron chi connectivity index (χ0n) is 17.9. The van der Waals surface area contributed by atoms with Crippen LogP contribution in [0, 0.1) is 5.92 Å². The van der Waals surface area contributed by atoms with Crippen LogP contribution in [0.25, 0.3) is 0 Å². The fourth-order valence-corrected chi connectivity index (χ4v) is 4.03. The average molecular weight is 386 g/mol. The number of hydrogen-bond donors (Lipinski definition) is 0. The summed E-state index contributed by atoms with van der Waals surface area (Å²) in [5.74, 6) is 1.55. The number of anilines is 1. The molecule has 1 aromatic rings.